The first kappa shape index (κ1) is 43.5. The summed E-state index contributed by atoms with van der Waals surface area (Å²) < 4.78 is 4.06. The minimum absolute atomic E-state index is 0.0524. The van der Waals surface area contributed by atoms with E-state index in [0.29, 0.717) is 0 Å². The van der Waals surface area contributed by atoms with Crippen molar-refractivity contribution in [1.29, 1.82) is 0 Å². The molecule has 0 spiro atoms. The summed E-state index contributed by atoms with van der Waals surface area (Å²) in [7, 11) is 0. The van der Waals surface area contributed by atoms with Crippen LogP contribution in [0.4, 0.5) is 0 Å². The van der Waals surface area contributed by atoms with Crippen molar-refractivity contribution in [3.05, 3.63) is 270 Å². The van der Waals surface area contributed by atoms with Crippen LogP contribution in [0, 0.1) is 3.57 Å². The van der Waals surface area contributed by atoms with Gasteiger partial charge in [-0.15, -0.1) is 0 Å². The van der Waals surface area contributed by atoms with Gasteiger partial charge in [0.15, 0.2) is 0 Å². The van der Waals surface area contributed by atoms with Crippen molar-refractivity contribution in [1.82, 2.24) is 4.57 Å². The second kappa shape index (κ2) is 17.5. The molecule has 0 saturated carbocycles. The van der Waals surface area contributed by atoms with Crippen LogP contribution < -0.4 is 21.2 Å². The number of halogens is 1. The quantitative estimate of drug-likeness (QED) is 0.111. The molecule has 0 saturated heterocycles. The first-order valence-electron chi connectivity index (χ1n) is 25.3. The Kier molecular flexibility index (Phi) is 10.4. The Labute approximate surface area is 437 Å². The fourth-order valence-corrected chi connectivity index (χ4v) is 14.9. The van der Waals surface area contributed by atoms with Crippen molar-refractivity contribution >= 4 is 43.4 Å². The molecule has 0 fully saturated rings. The van der Waals surface area contributed by atoms with Crippen LogP contribution in [0.5, 0.6) is 0 Å². The maximum absolute atomic E-state index is 2.52. The van der Waals surface area contributed by atoms with Crippen LogP contribution in [0.15, 0.2) is 261 Å². The standard InChI is InChI=1S/C71H49IN/c1-71(2)67-44-57(50-24-22-47(23-25-50)46-12-4-3-5-13-46)34-38-63(67)64-39-37-58(45-68(64)72-71)73-69-40-35-55(48-26-30-53(31-27-48)61-20-10-16-51-14-6-8-18-59(51)61)42-65(69)66-43-56(36-41-70(66)73)49-28-32-54(33-29-49)62-21-11-17-52-15-7-9-19-60(52)62/h3-45H,1-2H3/q-1. The van der Waals surface area contributed by atoms with Crippen LogP contribution in [0.2, 0.25) is 0 Å². The van der Waals surface area contributed by atoms with Crippen molar-refractivity contribution in [3.63, 3.8) is 0 Å². The van der Waals surface area contributed by atoms with Gasteiger partial charge in [-0.2, -0.15) is 0 Å². The number of alkyl halides is 1. The molecular formula is C71H49IN-. The van der Waals surface area contributed by atoms with Crippen molar-refractivity contribution in [2.24, 2.45) is 0 Å². The van der Waals surface area contributed by atoms with E-state index in [1.807, 2.05) is 0 Å². The van der Waals surface area contributed by atoms with E-state index in [2.05, 4.69) is 279 Å². The molecular weight excluding hydrogens is 994 g/mol. The monoisotopic (exact) mass is 1040 g/mol. The van der Waals surface area contributed by atoms with Gasteiger partial charge in [0, 0.05) is 0 Å². The van der Waals surface area contributed by atoms with E-state index in [9.17, 15) is 0 Å². The number of aromatic nitrogens is 1. The molecule has 2 heterocycles. The summed E-state index contributed by atoms with van der Waals surface area (Å²) in [5.41, 5.74) is 22.7. The number of nitrogens with zero attached hydrogens (tertiary/aromatic N) is 1. The van der Waals surface area contributed by atoms with Crippen LogP contribution in [0.1, 0.15) is 19.4 Å². The summed E-state index contributed by atoms with van der Waals surface area (Å²) in [5, 5.41) is 7.58. The van der Waals surface area contributed by atoms with E-state index in [-0.39, 0.29) is 24.6 Å². The molecule has 73 heavy (non-hydrogen) atoms. The third-order valence-electron chi connectivity index (χ3n) is 15.2. The van der Waals surface area contributed by atoms with Gasteiger partial charge >= 0.3 is 322 Å². The molecule has 0 N–H and O–H groups in total. The van der Waals surface area contributed by atoms with E-state index in [4.69, 9.17) is 0 Å². The maximum atomic E-state index is 2.52. The second-order valence-corrected chi connectivity index (χ2v) is 24.3. The molecule has 0 bridgehead atoms. The molecule has 1 nitrogen and oxygen atoms in total. The Hall–Kier alpha value is -8.31. The molecule has 14 rings (SSSR count). The predicted octanol–water partition coefficient (Wildman–Crippen LogP) is 16.3. The van der Waals surface area contributed by atoms with Crippen molar-refractivity contribution in [2.75, 3.05) is 0 Å². The number of hydrogen-bond acceptors (Lipinski definition) is 0. The van der Waals surface area contributed by atoms with Crippen molar-refractivity contribution in [2.45, 2.75) is 17.3 Å². The van der Waals surface area contributed by atoms with Crippen LogP contribution in [-0.4, -0.2) is 4.57 Å². The third-order valence-corrected chi connectivity index (χ3v) is 18.6. The second-order valence-electron chi connectivity index (χ2n) is 19.9. The van der Waals surface area contributed by atoms with Crippen molar-refractivity contribution < 1.29 is 21.2 Å². The Morgan fingerprint density at radius 3 is 1.25 bits per heavy atom. The molecule has 1 aliphatic rings. The number of hydrogen-bond donors (Lipinski definition) is 0. The summed E-state index contributed by atoms with van der Waals surface area (Å²) in [6.07, 6.45) is 0. The average Bonchev–Trinajstić information content (AvgIpc) is 3.78. The Morgan fingerprint density at radius 1 is 0.288 bits per heavy atom. The molecule has 0 atom stereocenters. The fraction of sp³-hybridized carbons (Fsp3) is 0.0423. The summed E-state index contributed by atoms with van der Waals surface area (Å²) in [4.78, 5) is 0. The van der Waals surface area contributed by atoms with Crippen LogP contribution in [0.3, 0.4) is 0 Å². The fourth-order valence-electron chi connectivity index (χ4n) is 11.5. The van der Waals surface area contributed by atoms with Crippen LogP contribution >= 0.6 is 0 Å². The van der Waals surface area contributed by atoms with E-state index >= 15 is 0 Å². The molecule has 13 aromatic rings. The first-order chi connectivity index (χ1) is 35.9. The van der Waals surface area contributed by atoms with E-state index in [0.717, 1.165) is 0 Å². The summed E-state index contributed by atoms with van der Waals surface area (Å²) >= 11 is -0.388. The first-order valence-corrected chi connectivity index (χ1v) is 27.4. The summed E-state index contributed by atoms with van der Waals surface area (Å²) in [6.45, 7) is 4.92. The molecule has 346 valence electrons. The average molecular weight is 1040 g/mol. The third kappa shape index (κ3) is 7.59. The van der Waals surface area contributed by atoms with Gasteiger partial charge in [0.1, 0.15) is 0 Å². The zero-order valence-corrected chi connectivity index (χ0v) is 42.8. The molecule has 1 aromatic heterocycles. The molecule has 0 radical (unpaired) electrons. The minimum atomic E-state index is -0.388. The van der Waals surface area contributed by atoms with Gasteiger partial charge < -0.3 is 0 Å². The Bertz CT molecular complexity index is 4080. The molecule has 1 aliphatic heterocycles. The van der Waals surface area contributed by atoms with Gasteiger partial charge in [-0.3, -0.25) is 0 Å². The number of rotatable bonds is 7. The van der Waals surface area contributed by atoms with Gasteiger partial charge in [-0.25, -0.2) is 0 Å². The summed E-state index contributed by atoms with van der Waals surface area (Å²) in [5.74, 6) is 0. The Morgan fingerprint density at radius 2 is 0.699 bits per heavy atom. The molecule has 0 aliphatic carbocycles. The zero-order valence-electron chi connectivity index (χ0n) is 40.7. The molecule has 0 amide bonds. The van der Waals surface area contributed by atoms with Crippen molar-refractivity contribution in [3.8, 4) is 83.6 Å². The molecule has 2 heteroatoms. The number of fused-ring (bicyclic) bond motifs is 8. The van der Waals surface area contributed by atoms with Gasteiger partial charge in [0.25, 0.3) is 0 Å². The van der Waals surface area contributed by atoms with Gasteiger partial charge in [-0.05, 0) is 32.7 Å². The van der Waals surface area contributed by atoms with Gasteiger partial charge in [0.05, 0.1) is 0 Å². The van der Waals surface area contributed by atoms with E-state index < -0.39 is 0 Å². The topological polar surface area (TPSA) is 4.93 Å². The summed E-state index contributed by atoms with van der Waals surface area (Å²) in [6, 6.07) is 97.1. The van der Waals surface area contributed by atoms with Gasteiger partial charge in [0.2, 0.25) is 0 Å². The van der Waals surface area contributed by atoms with Crippen LogP contribution in [0.25, 0.3) is 127 Å². The predicted molar refractivity (Wildman–Crippen MR) is 306 cm³/mol. The molecule has 0 unspecified atom stereocenters. The van der Waals surface area contributed by atoms with E-state index in [1.165, 1.54) is 136 Å². The molecule has 12 aromatic carbocycles. The number of benzene rings is 12. The van der Waals surface area contributed by atoms with Gasteiger partial charge in [-0.1, -0.05) is 84.9 Å². The zero-order chi connectivity index (χ0) is 48.6. The Balaban J connectivity index is 0.861. The SMILES string of the molecule is CC1(C)[I-]c2cc(-n3c4ccc(-c5ccc(-c6cccc7ccccc67)cc5)cc4c4cc(-c5ccc(-c6cccc7ccccc67)cc5)ccc43)ccc2-c2ccc(-c3ccc(-c4ccccc4)cc3)cc21. The van der Waals surface area contributed by atoms with E-state index in [1.54, 1.807) is 0 Å². The van der Waals surface area contributed by atoms with Crippen LogP contribution in [-0.2, 0) is 3.42 Å². The normalized spacial score (nSPS) is 13.0.